The molecule has 144 valence electrons. The van der Waals surface area contributed by atoms with Gasteiger partial charge in [-0.05, 0) is 36.6 Å². The van der Waals surface area contributed by atoms with E-state index in [1.165, 1.54) is 6.07 Å². The number of anilines is 1. The van der Waals surface area contributed by atoms with E-state index in [-0.39, 0.29) is 0 Å². The number of ether oxygens (including phenoxy) is 1. The zero-order valence-corrected chi connectivity index (χ0v) is 15.4. The molecule has 0 aliphatic heterocycles. The molecular weight excluding hydrogens is 359 g/mol. The molecule has 0 aromatic heterocycles. The molecule has 28 heavy (non-hydrogen) atoms. The van der Waals surface area contributed by atoms with Crippen LogP contribution in [0.1, 0.15) is 36.8 Å². The van der Waals surface area contributed by atoms with Gasteiger partial charge in [-0.25, -0.2) is 4.39 Å². The maximum absolute atomic E-state index is 14.3. The third-order valence-electron chi connectivity index (χ3n) is 5.09. The molecule has 6 heteroatoms. The molecule has 5 nitrogen and oxygen atoms in total. The van der Waals surface area contributed by atoms with Crippen molar-refractivity contribution >= 4 is 17.6 Å². The molecule has 0 heterocycles. The summed E-state index contributed by atoms with van der Waals surface area (Å²) in [5.74, 6) is -1.46. The summed E-state index contributed by atoms with van der Waals surface area (Å²) in [5, 5.41) is 11.3. The number of nitrogens with one attached hydrogen (secondary N) is 1. The highest BCUT2D eigenvalue weighted by molar-refractivity contribution is 5.94. The Labute approximate surface area is 163 Å². The number of rotatable bonds is 6. The van der Waals surface area contributed by atoms with E-state index in [4.69, 9.17) is 10.00 Å². The molecule has 3 rings (SSSR count). The lowest BCUT2D eigenvalue weighted by molar-refractivity contribution is -0.153. The Kier molecular flexibility index (Phi) is 6.05. The lowest BCUT2D eigenvalue weighted by Crippen LogP contribution is -2.37. The molecule has 0 radical (unpaired) electrons. The van der Waals surface area contributed by atoms with Crippen LogP contribution < -0.4 is 5.32 Å². The summed E-state index contributed by atoms with van der Waals surface area (Å²) in [7, 11) is 0. The van der Waals surface area contributed by atoms with Gasteiger partial charge in [-0.3, -0.25) is 9.59 Å². The third kappa shape index (κ3) is 4.20. The van der Waals surface area contributed by atoms with E-state index in [2.05, 4.69) is 11.4 Å². The summed E-state index contributed by atoms with van der Waals surface area (Å²) < 4.78 is 19.6. The number of esters is 1. The van der Waals surface area contributed by atoms with Gasteiger partial charge in [-0.1, -0.05) is 43.2 Å². The first kappa shape index (κ1) is 19.6. The van der Waals surface area contributed by atoms with Crippen molar-refractivity contribution in [2.24, 2.45) is 0 Å². The maximum Gasteiger partial charge on any atom is 0.317 e. The van der Waals surface area contributed by atoms with Gasteiger partial charge in [0.25, 0.3) is 5.91 Å². The number of halogens is 1. The van der Waals surface area contributed by atoms with Crippen LogP contribution in [0.2, 0.25) is 0 Å². The SMILES string of the molecule is N#CCc1ccc(NC(=O)COC(=O)C2(c3ccccc3F)CCCC2)cc1. The van der Waals surface area contributed by atoms with Crippen LogP contribution in [0.3, 0.4) is 0 Å². The highest BCUT2D eigenvalue weighted by atomic mass is 19.1. The second kappa shape index (κ2) is 8.66. The van der Waals surface area contributed by atoms with Gasteiger partial charge < -0.3 is 10.1 Å². The summed E-state index contributed by atoms with van der Waals surface area (Å²) >= 11 is 0. The van der Waals surface area contributed by atoms with Gasteiger partial charge in [-0.15, -0.1) is 0 Å². The lowest BCUT2D eigenvalue weighted by atomic mass is 9.78. The van der Waals surface area contributed by atoms with Crippen LogP contribution in [-0.2, 0) is 26.2 Å². The minimum absolute atomic E-state index is 0.296. The number of benzene rings is 2. The van der Waals surface area contributed by atoms with Crippen LogP contribution in [0.5, 0.6) is 0 Å². The minimum atomic E-state index is -1.02. The predicted octanol–water partition coefficient (Wildman–Crippen LogP) is 3.89. The standard InChI is InChI=1S/C22H21FN2O3/c23-19-6-2-1-5-18(19)22(12-3-4-13-22)21(27)28-15-20(26)25-17-9-7-16(8-10-17)11-14-24/h1-2,5-10H,3-4,11-13,15H2,(H,25,26). The number of hydrogen-bond donors (Lipinski definition) is 1. The van der Waals surface area contributed by atoms with Crippen LogP contribution in [0, 0.1) is 17.1 Å². The quantitative estimate of drug-likeness (QED) is 0.771. The maximum atomic E-state index is 14.3. The molecule has 2 aromatic rings. The number of amides is 1. The Morgan fingerprint density at radius 3 is 2.43 bits per heavy atom. The van der Waals surface area contributed by atoms with Gasteiger partial charge >= 0.3 is 5.97 Å². The van der Waals surface area contributed by atoms with Crippen molar-refractivity contribution in [1.82, 2.24) is 0 Å². The fraction of sp³-hybridized carbons (Fsp3) is 0.318. The third-order valence-corrected chi connectivity index (χ3v) is 5.09. The molecular formula is C22H21FN2O3. The van der Waals surface area contributed by atoms with Crippen LogP contribution in [0.25, 0.3) is 0 Å². The monoisotopic (exact) mass is 380 g/mol. The van der Waals surface area contributed by atoms with Crippen molar-refractivity contribution in [1.29, 1.82) is 5.26 Å². The largest absolute Gasteiger partial charge is 0.455 e. The highest BCUT2D eigenvalue weighted by Crippen LogP contribution is 2.43. The van der Waals surface area contributed by atoms with Crippen LogP contribution in [-0.4, -0.2) is 18.5 Å². The fourth-order valence-corrected chi connectivity index (χ4v) is 3.67. The van der Waals surface area contributed by atoms with Crippen molar-refractivity contribution in [2.75, 3.05) is 11.9 Å². The van der Waals surface area contributed by atoms with Crippen molar-refractivity contribution < 1.29 is 18.7 Å². The second-order valence-electron chi connectivity index (χ2n) is 6.93. The van der Waals surface area contributed by atoms with Gasteiger partial charge in [0, 0.05) is 11.3 Å². The van der Waals surface area contributed by atoms with Crippen LogP contribution in [0.15, 0.2) is 48.5 Å². The average Bonchev–Trinajstić information content (AvgIpc) is 3.19. The molecule has 0 saturated heterocycles. The molecule has 1 aliphatic carbocycles. The first-order chi connectivity index (χ1) is 13.5. The smallest absolute Gasteiger partial charge is 0.317 e. The van der Waals surface area contributed by atoms with Gasteiger partial charge in [0.1, 0.15) is 5.82 Å². The summed E-state index contributed by atoms with van der Waals surface area (Å²) in [4.78, 5) is 24.9. The zero-order valence-electron chi connectivity index (χ0n) is 15.4. The van der Waals surface area contributed by atoms with Gasteiger partial charge in [0.05, 0.1) is 17.9 Å². The topological polar surface area (TPSA) is 79.2 Å². The van der Waals surface area contributed by atoms with E-state index in [1.807, 2.05) is 0 Å². The molecule has 1 amide bonds. The average molecular weight is 380 g/mol. The van der Waals surface area contributed by atoms with Crippen molar-refractivity contribution in [3.63, 3.8) is 0 Å². The normalized spacial score (nSPS) is 14.9. The second-order valence-corrected chi connectivity index (χ2v) is 6.93. The highest BCUT2D eigenvalue weighted by Gasteiger charge is 2.45. The molecule has 1 saturated carbocycles. The Morgan fingerprint density at radius 1 is 1.11 bits per heavy atom. The summed E-state index contributed by atoms with van der Waals surface area (Å²) in [6, 6.07) is 15.2. The Morgan fingerprint density at radius 2 is 1.79 bits per heavy atom. The molecule has 1 N–H and O–H groups in total. The van der Waals surface area contributed by atoms with Crippen molar-refractivity contribution in [3.8, 4) is 6.07 Å². The van der Waals surface area contributed by atoms with Crippen molar-refractivity contribution in [3.05, 3.63) is 65.5 Å². The van der Waals surface area contributed by atoms with Gasteiger partial charge in [0.15, 0.2) is 6.61 Å². The first-order valence-corrected chi connectivity index (χ1v) is 9.23. The van der Waals surface area contributed by atoms with Crippen molar-refractivity contribution in [2.45, 2.75) is 37.5 Å². The van der Waals surface area contributed by atoms with E-state index in [1.54, 1.807) is 42.5 Å². The Bertz CT molecular complexity index is 897. The lowest BCUT2D eigenvalue weighted by Gasteiger charge is -2.27. The van der Waals surface area contributed by atoms with Gasteiger partial charge in [-0.2, -0.15) is 5.26 Å². The molecule has 0 spiro atoms. The summed E-state index contributed by atoms with van der Waals surface area (Å²) in [5.41, 5.74) is 0.711. The Hall–Kier alpha value is -3.20. The number of nitriles is 1. The first-order valence-electron chi connectivity index (χ1n) is 9.23. The van der Waals surface area contributed by atoms with E-state index >= 15 is 0 Å². The summed E-state index contributed by atoms with van der Waals surface area (Å²) in [6.07, 6.45) is 2.93. The van der Waals surface area contributed by atoms with E-state index < -0.39 is 29.7 Å². The van der Waals surface area contributed by atoms with Crippen LogP contribution in [0.4, 0.5) is 10.1 Å². The Balaban J connectivity index is 1.63. The molecule has 0 bridgehead atoms. The number of carbonyl (C=O) groups excluding carboxylic acids is 2. The molecule has 0 atom stereocenters. The molecule has 2 aromatic carbocycles. The van der Waals surface area contributed by atoms with Gasteiger partial charge in [0.2, 0.25) is 0 Å². The minimum Gasteiger partial charge on any atom is -0.455 e. The van der Waals surface area contributed by atoms with E-state index in [9.17, 15) is 14.0 Å². The molecule has 1 aliphatic rings. The van der Waals surface area contributed by atoms with Crippen LogP contribution >= 0.6 is 0 Å². The number of hydrogen-bond acceptors (Lipinski definition) is 4. The zero-order chi connectivity index (χ0) is 20.0. The van der Waals surface area contributed by atoms with E-state index in [0.717, 1.165) is 18.4 Å². The number of nitrogens with zero attached hydrogens (tertiary/aromatic N) is 1. The molecule has 1 fully saturated rings. The fourth-order valence-electron chi connectivity index (χ4n) is 3.67. The summed E-state index contributed by atoms with van der Waals surface area (Å²) in [6.45, 7) is -0.436. The molecule has 0 unspecified atom stereocenters. The predicted molar refractivity (Wildman–Crippen MR) is 102 cm³/mol. The number of carbonyl (C=O) groups is 2. The van der Waals surface area contributed by atoms with E-state index in [0.29, 0.717) is 30.5 Å².